The first-order valence-corrected chi connectivity index (χ1v) is 11.5. The number of aromatic nitrogens is 1. The van der Waals surface area contributed by atoms with E-state index in [2.05, 4.69) is 4.98 Å². The highest BCUT2D eigenvalue weighted by Crippen LogP contribution is 2.29. The van der Waals surface area contributed by atoms with Crippen molar-refractivity contribution in [2.45, 2.75) is 44.4 Å². The van der Waals surface area contributed by atoms with Gasteiger partial charge in [-0.25, -0.2) is 4.98 Å². The molecule has 0 saturated carbocycles. The molecule has 2 aliphatic rings. The molecule has 0 unspecified atom stereocenters. The lowest BCUT2D eigenvalue weighted by Crippen LogP contribution is -2.38. The first-order valence-electron chi connectivity index (χ1n) is 11.5. The van der Waals surface area contributed by atoms with E-state index in [1.54, 1.807) is 7.11 Å². The summed E-state index contributed by atoms with van der Waals surface area (Å²) in [6.45, 7) is 3.02. The number of ether oxygens (including phenoxy) is 1. The number of benzene rings is 1. The van der Waals surface area contributed by atoms with Crippen LogP contribution in [0.5, 0.6) is 5.75 Å². The summed E-state index contributed by atoms with van der Waals surface area (Å²) in [6.07, 6.45) is 4.95. The number of hydrogen-bond donors (Lipinski definition) is 1. The molecule has 0 spiro atoms. The fourth-order valence-electron chi connectivity index (χ4n) is 4.72. The quantitative estimate of drug-likeness (QED) is 0.751. The molecule has 7 nitrogen and oxygen atoms in total. The summed E-state index contributed by atoms with van der Waals surface area (Å²) < 4.78 is 5.38. The van der Waals surface area contributed by atoms with Crippen molar-refractivity contribution < 1.29 is 14.3 Å². The number of para-hydroxylation sites is 1. The summed E-state index contributed by atoms with van der Waals surface area (Å²) in [5.41, 5.74) is 8.63. The Morgan fingerprint density at radius 1 is 1.03 bits per heavy atom. The van der Waals surface area contributed by atoms with Crippen molar-refractivity contribution in [1.82, 2.24) is 14.8 Å². The highest BCUT2D eigenvalue weighted by Gasteiger charge is 2.27. The Balaban J connectivity index is 1.31. The SMILES string of the molecule is COc1ccccc1CCC(=O)N1CCC(c2ccc(C(=O)N3CCCC3)c(N)n2)CC1. The van der Waals surface area contributed by atoms with Crippen molar-refractivity contribution in [2.24, 2.45) is 0 Å². The third kappa shape index (κ3) is 4.87. The second kappa shape index (κ2) is 10.0. The van der Waals surface area contributed by atoms with Crippen molar-refractivity contribution in [2.75, 3.05) is 39.0 Å². The molecule has 3 heterocycles. The van der Waals surface area contributed by atoms with Crippen LogP contribution in [0, 0.1) is 0 Å². The van der Waals surface area contributed by atoms with Crippen molar-refractivity contribution in [3.05, 3.63) is 53.2 Å². The number of rotatable bonds is 6. The summed E-state index contributed by atoms with van der Waals surface area (Å²) in [5, 5.41) is 0. The molecule has 7 heteroatoms. The fraction of sp³-hybridized carbons (Fsp3) is 0.480. The smallest absolute Gasteiger partial charge is 0.257 e. The van der Waals surface area contributed by atoms with E-state index in [-0.39, 0.29) is 17.7 Å². The topological polar surface area (TPSA) is 88.8 Å². The zero-order valence-corrected chi connectivity index (χ0v) is 18.8. The predicted molar refractivity (Wildman–Crippen MR) is 124 cm³/mol. The van der Waals surface area contributed by atoms with Crippen molar-refractivity contribution in [3.63, 3.8) is 0 Å². The second-order valence-electron chi connectivity index (χ2n) is 8.64. The van der Waals surface area contributed by atoms with E-state index in [9.17, 15) is 9.59 Å². The van der Waals surface area contributed by atoms with Crippen molar-refractivity contribution in [3.8, 4) is 5.75 Å². The molecular formula is C25H32N4O3. The number of aryl methyl sites for hydroxylation is 1. The highest BCUT2D eigenvalue weighted by atomic mass is 16.5. The van der Waals surface area contributed by atoms with Gasteiger partial charge in [-0.2, -0.15) is 0 Å². The maximum Gasteiger partial charge on any atom is 0.257 e. The molecule has 2 fully saturated rings. The second-order valence-corrected chi connectivity index (χ2v) is 8.64. The summed E-state index contributed by atoms with van der Waals surface area (Å²) in [6, 6.07) is 11.6. The first-order chi connectivity index (χ1) is 15.6. The maximum absolute atomic E-state index is 12.7. The molecule has 0 radical (unpaired) electrons. The van der Waals surface area contributed by atoms with Gasteiger partial charge in [0.2, 0.25) is 5.91 Å². The highest BCUT2D eigenvalue weighted by molar-refractivity contribution is 5.98. The Labute approximate surface area is 189 Å². The van der Waals surface area contributed by atoms with Crippen molar-refractivity contribution in [1.29, 1.82) is 0 Å². The van der Waals surface area contributed by atoms with Gasteiger partial charge >= 0.3 is 0 Å². The summed E-state index contributed by atoms with van der Waals surface area (Å²) >= 11 is 0. The van der Waals surface area contributed by atoms with E-state index < -0.39 is 0 Å². The number of nitrogen functional groups attached to an aromatic ring is 1. The average molecular weight is 437 g/mol. The maximum atomic E-state index is 12.7. The predicted octanol–water partition coefficient (Wildman–Crippen LogP) is 3.25. The van der Waals surface area contributed by atoms with Gasteiger partial charge in [-0.1, -0.05) is 18.2 Å². The number of carbonyl (C=O) groups excluding carboxylic acids is 2. The monoisotopic (exact) mass is 436 g/mol. The molecule has 0 aliphatic carbocycles. The van der Waals surface area contributed by atoms with Crippen LogP contribution in [-0.4, -0.2) is 59.9 Å². The Bertz CT molecular complexity index is 963. The average Bonchev–Trinajstić information content (AvgIpc) is 3.37. The Hall–Kier alpha value is -3.09. The lowest BCUT2D eigenvalue weighted by atomic mass is 9.92. The molecule has 170 valence electrons. The van der Waals surface area contributed by atoms with Gasteiger partial charge in [0.25, 0.3) is 5.91 Å². The summed E-state index contributed by atoms with van der Waals surface area (Å²) in [7, 11) is 1.65. The minimum atomic E-state index is -0.0190. The number of nitrogens with two attached hydrogens (primary N) is 1. The number of hydrogen-bond acceptors (Lipinski definition) is 5. The van der Waals surface area contributed by atoms with Gasteiger partial charge in [0, 0.05) is 44.2 Å². The molecule has 4 rings (SSSR count). The van der Waals surface area contributed by atoms with Gasteiger partial charge in [0.15, 0.2) is 0 Å². The molecule has 1 aromatic heterocycles. The molecule has 2 N–H and O–H groups in total. The van der Waals surface area contributed by atoms with Crippen LogP contribution in [0.4, 0.5) is 5.82 Å². The van der Waals surface area contributed by atoms with E-state index >= 15 is 0 Å². The number of pyridine rings is 1. The molecule has 2 saturated heterocycles. The van der Waals surface area contributed by atoms with Crippen LogP contribution < -0.4 is 10.5 Å². The molecule has 2 aliphatic heterocycles. The van der Waals surface area contributed by atoms with E-state index in [1.807, 2.05) is 46.2 Å². The minimum Gasteiger partial charge on any atom is -0.496 e. The van der Waals surface area contributed by atoms with Crippen LogP contribution in [0.2, 0.25) is 0 Å². The molecule has 2 amide bonds. The number of amides is 2. The van der Waals surface area contributed by atoms with Gasteiger partial charge < -0.3 is 20.3 Å². The largest absolute Gasteiger partial charge is 0.496 e. The first kappa shape index (κ1) is 22.1. The van der Waals surface area contributed by atoms with Crippen molar-refractivity contribution >= 4 is 17.6 Å². The van der Waals surface area contributed by atoms with Crippen LogP contribution in [0.3, 0.4) is 0 Å². The Morgan fingerprint density at radius 2 is 1.75 bits per heavy atom. The molecule has 2 aromatic rings. The molecule has 0 atom stereocenters. The number of methoxy groups -OCH3 is 1. The molecule has 0 bridgehead atoms. The molecule has 32 heavy (non-hydrogen) atoms. The number of likely N-dealkylation sites (tertiary alicyclic amines) is 2. The lowest BCUT2D eigenvalue weighted by molar-refractivity contribution is -0.132. The van der Waals surface area contributed by atoms with Crippen LogP contribution in [0.15, 0.2) is 36.4 Å². The normalized spacial score (nSPS) is 16.9. The van der Waals surface area contributed by atoms with Gasteiger partial charge in [-0.05, 0) is 55.9 Å². The summed E-state index contributed by atoms with van der Waals surface area (Å²) in [5.74, 6) is 1.55. The van der Waals surface area contributed by atoms with Gasteiger partial charge in [0.1, 0.15) is 11.6 Å². The van der Waals surface area contributed by atoms with E-state index in [0.29, 0.717) is 37.3 Å². The van der Waals surface area contributed by atoms with E-state index in [1.165, 1.54) is 0 Å². The van der Waals surface area contributed by atoms with E-state index in [0.717, 1.165) is 55.8 Å². The lowest BCUT2D eigenvalue weighted by Gasteiger charge is -2.32. The van der Waals surface area contributed by atoms with Gasteiger partial charge in [0.05, 0.1) is 12.7 Å². The molecular weight excluding hydrogens is 404 g/mol. The zero-order chi connectivity index (χ0) is 22.5. The van der Waals surface area contributed by atoms with Crippen LogP contribution in [-0.2, 0) is 11.2 Å². The minimum absolute atomic E-state index is 0.0190. The number of piperidine rings is 1. The van der Waals surface area contributed by atoms with Gasteiger partial charge in [-0.3, -0.25) is 9.59 Å². The number of anilines is 1. The van der Waals surface area contributed by atoms with Crippen LogP contribution in [0.25, 0.3) is 0 Å². The number of nitrogens with zero attached hydrogens (tertiary/aromatic N) is 3. The fourth-order valence-corrected chi connectivity index (χ4v) is 4.72. The summed E-state index contributed by atoms with van der Waals surface area (Å²) in [4.78, 5) is 33.7. The standard InChI is InChI=1S/C25H32N4O3/c1-32-22-7-3-2-6-19(22)8-11-23(30)28-16-12-18(13-17-28)21-10-9-20(24(26)27-21)25(31)29-14-4-5-15-29/h2-3,6-7,9-10,18H,4-5,8,11-17H2,1H3,(H2,26,27). The third-order valence-electron chi connectivity index (χ3n) is 6.64. The Kier molecular flexibility index (Phi) is 6.93. The van der Waals surface area contributed by atoms with Crippen LogP contribution >= 0.6 is 0 Å². The molecule has 1 aromatic carbocycles. The number of carbonyl (C=O) groups is 2. The van der Waals surface area contributed by atoms with Crippen LogP contribution in [0.1, 0.15) is 59.6 Å². The third-order valence-corrected chi connectivity index (χ3v) is 6.64. The Morgan fingerprint density at radius 3 is 2.44 bits per heavy atom. The van der Waals surface area contributed by atoms with Gasteiger partial charge in [-0.15, -0.1) is 0 Å². The van der Waals surface area contributed by atoms with E-state index in [4.69, 9.17) is 10.5 Å². The zero-order valence-electron chi connectivity index (χ0n) is 18.8.